The Kier molecular flexibility index (Phi) is 3.49. The van der Waals surface area contributed by atoms with Crippen LogP contribution in [0, 0.1) is 11.8 Å². The Morgan fingerprint density at radius 1 is 1.39 bits per heavy atom. The summed E-state index contributed by atoms with van der Waals surface area (Å²) in [6.45, 7) is 0.816. The normalized spacial score (nSPS) is 29.8. The highest BCUT2D eigenvalue weighted by molar-refractivity contribution is 6.31. The molecule has 1 N–H and O–H groups in total. The molecule has 0 saturated heterocycles. The fraction of sp³-hybridized carbons (Fsp3) is 0.600. The molecule has 1 aromatic rings. The number of benzene rings is 1. The van der Waals surface area contributed by atoms with E-state index in [9.17, 15) is 0 Å². The molecule has 0 amide bonds. The van der Waals surface area contributed by atoms with E-state index in [1.165, 1.54) is 25.7 Å². The Hall–Kier alpha value is -0.730. The van der Waals surface area contributed by atoms with Crippen molar-refractivity contribution < 1.29 is 4.74 Å². The number of rotatable bonds is 4. The number of hydrogen-bond acceptors (Lipinski definition) is 2. The lowest BCUT2D eigenvalue weighted by Crippen LogP contribution is -2.33. The van der Waals surface area contributed by atoms with Gasteiger partial charge in [-0.1, -0.05) is 30.5 Å². The van der Waals surface area contributed by atoms with Crippen molar-refractivity contribution in [3.63, 3.8) is 0 Å². The highest BCUT2D eigenvalue weighted by Crippen LogP contribution is 2.49. The third-order valence-electron chi connectivity index (χ3n) is 4.42. The predicted octanol–water partition coefficient (Wildman–Crippen LogP) is 3.63. The number of methoxy groups -OCH3 is 1. The molecule has 0 bridgehead atoms. The zero-order valence-corrected chi connectivity index (χ0v) is 11.5. The van der Waals surface area contributed by atoms with Crippen LogP contribution in [0.3, 0.4) is 0 Å². The fourth-order valence-corrected chi connectivity index (χ4v) is 3.53. The first kappa shape index (κ1) is 12.3. The van der Waals surface area contributed by atoms with E-state index in [1.807, 2.05) is 18.2 Å². The third-order valence-corrected chi connectivity index (χ3v) is 4.78. The Morgan fingerprint density at radius 3 is 3.11 bits per heavy atom. The summed E-state index contributed by atoms with van der Waals surface area (Å²) in [5.41, 5.74) is 1.09. The summed E-state index contributed by atoms with van der Waals surface area (Å²) in [5, 5.41) is 4.48. The van der Waals surface area contributed by atoms with Crippen LogP contribution in [0.2, 0.25) is 5.02 Å². The maximum absolute atomic E-state index is 6.25. The molecular weight excluding hydrogens is 246 g/mol. The van der Waals surface area contributed by atoms with Gasteiger partial charge in [0.25, 0.3) is 0 Å². The first-order valence-corrected chi connectivity index (χ1v) is 7.22. The van der Waals surface area contributed by atoms with Crippen molar-refractivity contribution in [1.29, 1.82) is 0 Å². The molecule has 1 aromatic carbocycles. The average molecular weight is 266 g/mol. The second kappa shape index (κ2) is 5.10. The van der Waals surface area contributed by atoms with Gasteiger partial charge in [-0.05, 0) is 36.8 Å². The molecule has 2 fully saturated rings. The maximum atomic E-state index is 6.25. The first-order chi connectivity index (χ1) is 8.79. The van der Waals surface area contributed by atoms with Crippen molar-refractivity contribution >= 4 is 11.6 Å². The third kappa shape index (κ3) is 2.36. The van der Waals surface area contributed by atoms with Crippen LogP contribution in [-0.4, -0.2) is 13.2 Å². The second-order valence-corrected chi connectivity index (χ2v) is 5.91. The molecule has 2 nitrogen and oxygen atoms in total. The summed E-state index contributed by atoms with van der Waals surface area (Å²) in [6, 6.07) is 6.53. The molecule has 2 aliphatic carbocycles. The van der Waals surface area contributed by atoms with Crippen LogP contribution in [0.25, 0.3) is 0 Å². The molecule has 18 heavy (non-hydrogen) atoms. The van der Waals surface area contributed by atoms with E-state index in [1.54, 1.807) is 7.11 Å². The van der Waals surface area contributed by atoms with Crippen LogP contribution in [0.4, 0.5) is 0 Å². The van der Waals surface area contributed by atoms with Crippen LogP contribution in [0.15, 0.2) is 18.2 Å². The zero-order chi connectivity index (χ0) is 12.5. The molecule has 98 valence electrons. The van der Waals surface area contributed by atoms with E-state index >= 15 is 0 Å². The number of hydrogen-bond donors (Lipinski definition) is 1. The smallest absolute Gasteiger partial charge is 0.124 e. The van der Waals surface area contributed by atoms with Gasteiger partial charge >= 0.3 is 0 Å². The molecule has 0 aromatic heterocycles. The summed E-state index contributed by atoms with van der Waals surface area (Å²) in [6.07, 6.45) is 5.56. The maximum Gasteiger partial charge on any atom is 0.124 e. The van der Waals surface area contributed by atoms with Gasteiger partial charge in [0.2, 0.25) is 0 Å². The SMILES string of the molecule is COc1cccc(Cl)c1CNC1CCCC2CC21. The Bertz CT molecular complexity index is 435. The summed E-state index contributed by atoms with van der Waals surface area (Å²) in [4.78, 5) is 0. The molecule has 2 saturated carbocycles. The molecule has 3 unspecified atom stereocenters. The Balaban J connectivity index is 1.66. The highest BCUT2D eigenvalue weighted by Gasteiger charge is 2.44. The summed E-state index contributed by atoms with van der Waals surface area (Å²) < 4.78 is 5.38. The van der Waals surface area contributed by atoms with Gasteiger partial charge in [0.1, 0.15) is 5.75 Å². The number of nitrogens with one attached hydrogen (secondary N) is 1. The lowest BCUT2D eigenvalue weighted by molar-refractivity contribution is 0.348. The van der Waals surface area contributed by atoms with E-state index in [-0.39, 0.29) is 0 Å². The topological polar surface area (TPSA) is 21.3 Å². The zero-order valence-electron chi connectivity index (χ0n) is 10.8. The van der Waals surface area contributed by atoms with Crippen molar-refractivity contribution in [1.82, 2.24) is 5.32 Å². The lowest BCUT2D eigenvalue weighted by Gasteiger charge is -2.23. The van der Waals surface area contributed by atoms with Gasteiger partial charge in [-0.2, -0.15) is 0 Å². The van der Waals surface area contributed by atoms with E-state index in [4.69, 9.17) is 16.3 Å². The van der Waals surface area contributed by atoms with Crippen molar-refractivity contribution in [2.24, 2.45) is 11.8 Å². The molecule has 3 heteroatoms. The minimum atomic E-state index is 0.685. The highest BCUT2D eigenvalue weighted by atomic mass is 35.5. The number of halogens is 1. The molecule has 0 aliphatic heterocycles. The molecule has 3 atom stereocenters. The van der Waals surface area contributed by atoms with E-state index < -0.39 is 0 Å². The number of ether oxygens (including phenoxy) is 1. The van der Waals surface area contributed by atoms with Crippen molar-refractivity contribution in [3.05, 3.63) is 28.8 Å². The van der Waals surface area contributed by atoms with Gasteiger partial charge < -0.3 is 10.1 Å². The molecule has 0 radical (unpaired) electrons. The number of fused-ring (bicyclic) bond motifs is 1. The Morgan fingerprint density at radius 2 is 2.28 bits per heavy atom. The molecule has 3 rings (SSSR count). The van der Waals surface area contributed by atoms with Gasteiger partial charge in [0.05, 0.1) is 7.11 Å². The Labute approximate surface area is 114 Å². The monoisotopic (exact) mass is 265 g/mol. The summed E-state index contributed by atoms with van der Waals surface area (Å²) in [7, 11) is 1.70. The minimum Gasteiger partial charge on any atom is -0.496 e. The van der Waals surface area contributed by atoms with Gasteiger partial charge in [0, 0.05) is 23.2 Å². The fourth-order valence-electron chi connectivity index (χ4n) is 3.30. The molecule has 0 spiro atoms. The van der Waals surface area contributed by atoms with Crippen LogP contribution in [0.1, 0.15) is 31.2 Å². The van der Waals surface area contributed by atoms with E-state index in [0.717, 1.165) is 34.7 Å². The van der Waals surface area contributed by atoms with Crippen molar-refractivity contribution in [2.75, 3.05) is 7.11 Å². The minimum absolute atomic E-state index is 0.685. The van der Waals surface area contributed by atoms with Crippen LogP contribution in [0.5, 0.6) is 5.75 Å². The lowest BCUT2D eigenvalue weighted by atomic mass is 9.95. The quantitative estimate of drug-likeness (QED) is 0.898. The van der Waals surface area contributed by atoms with Gasteiger partial charge in [0.15, 0.2) is 0 Å². The van der Waals surface area contributed by atoms with Gasteiger partial charge in [-0.3, -0.25) is 0 Å². The van der Waals surface area contributed by atoms with Crippen molar-refractivity contribution in [2.45, 2.75) is 38.3 Å². The van der Waals surface area contributed by atoms with Crippen molar-refractivity contribution in [3.8, 4) is 5.75 Å². The predicted molar refractivity (Wildman–Crippen MR) is 74.1 cm³/mol. The summed E-state index contributed by atoms with van der Waals surface area (Å²) in [5.74, 6) is 2.81. The largest absolute Gasteiger partial charge is 0.496 e. The van der Waals surface area contributed by atoms with E-state index in [0.29, 0.717) is 6.04 Å². The standard InChI is InChI=1S/C15H20ClNO/c1-18-15-7-3-5-13(16)12(15)9-17-14-6-2-4-10-8-11(10)14/h3,5,7,10-11,14,17H,2,4,6,8-9H2,1H3. The molecular formula is C15H20ClNO. The van der Waals surface area contributed by atoms with E-state index in [2.05, 4.69) is 5.32 Å². The van der Waals surface area contributed by atoms with Crippen LogP contribution in [-0.2, 0) is 6.54 Å². The average Bonchev–Trinajstić information content (AvgIpc) is 3.16. The van der Waals surface area contributed by atoms with Gasteiger partial charge in [-0.15, -0.1) is 0 Å². The molecule has 0 heterocycles. The van der Waals surface area contributed by atoms with Gasteiger partial charge in [-0.25, -0.2) is 0 Å². The van der Waals surface area contributed by atoms with Crippen LogP contribution >= 0.6 is 11.6 Å². The first-order valence-electron chi connectivity index (χ1n) is 6.84. The molecule has 2 aliphatic rings. The second-order valence-electron chi connectivity index (χ2n) is 5.50. The summed E-state index contributed by atoms with van der Waals surface area (Å²) >= 11 is 6.25. The van der Waals surface area contributed by atoms with Crippen LogP contribution < -0.4 is 10.1 Å².